The minimum Gasteiger partial charge on any atom is -0.493 e. The van der Waals surface area contributed by atoms with Gasteiger partial charge in [0, 0.05) is 25.7 Å². The van der Waals surface area contributed by atoms with Crippen LogP contribution in [0.3, 0.4) is 0 Å². The van der Waals surface area contributed by atoms with E-state index in [0.29, 0.717) is 23.7 Å². The zero-order valence-electron chi connectivity index (χ0n) is 15.9. The molecule has 142 valence electrons. The Morgan fingerprint density at radius 3 is 2.48 bits per heavy atom. The Hall–Kier alpha value is -3.28. The first kappa shape index (κ1) is 20.0. The Bertz CT molecular complexity index is 842. The number of hydrogen-bond donors (Lipinski definition) is 0. The summed E-state index contributed by atoms with van der Waals surface area (Å²) < 4.78 is 15.8. The molecule has 6 nitrogen and oxygen atoms in total. The first-order valence-corrected chi connectivity index (χ1v) is 8.32. The number of rotatable bonds is 7. The largest absolute Gasteiger partial charge is 0.493 e. The molecule has 2 rings (SSSR count). The van der Waals surface area contributed by atoms with Gasteiger partial charge in [-0.3, -0.25) is 4.79 Å². The van der Waals surface area contributed by atoms with Gasteiger partial charge >= 0.3 is 5.97 Å². The molecular formula is C21H23NO5. The summed E-state index contributed by atoms with van der Waals surface area (Å²) in [6, 6.07) is 12.6. The molecule has 0 N–H and O–H groups in total. The summed E-state index contributed by atoms with van der Waals surface area (Å²) in [5, 5.41) is 0. The highest BCUT2D eigenvalue weighted by Gasteiger charge is 2.10. The predicted molar refractivity (Wildman–Crippen MR) is 103 cm³/mol. The Labute approximate surface area is 159 Å². The molecule has 0 aliphatic carbocycles. The number of nitrogens with zero attached hydrogens (tertiary/aromatic N) is 1. The minimum atomic E-state index is -0.429. The summed E-state index contributed by atoms with van der Waals surface area (Å²) in [7, 11) is 6.30. The van der Waals surface area contributed by atoms with Crippen LogP contribution in [0.5, 0.6) is 11.5 Å². The van der Waals surface area contributed by atoms with Crippen molar-refractivity contribution in [3.05, 3.63) is 65.2 Å². The second kappa shape index (κ2) is 9.43. The lowest BCUT2D eigenvalue weighted by Gasteiger charge is -2.13. The van der Waals surface area contributed by atoms with E-state index in [1.807, 2.05) is 24.3 Å². The Morgan fingerprint density at radius 2 is 1.81 bits per heavy atom. The molecule has 1 amide bonds. The van der Waals surface area contributed by atoms with Crippen LogP contribution in [0.15, 0.2) is 48.5 Å². The smallest absolute Gasteiger partial charge is 0.330 e. The molecular weight excluding hydrogens is 346 g/mol. The number of amides is 1. The lowest BCUT2D eigenvalue weighted by Crippen LogP contribution is -2.21. The Kier molecular flexibility index (Phi) is 7.00. The third kappa shape index (κ3) is 5.60. The highest BCUT2D eigenvalue weighted by atomic mass is 16.5. The molecule has 0 radical (unpaired) electrons. The molecule has 2 aromatic carbocycles. The lowest BCUT2D eigenvalue weighted by molar-refractivity contribution is -0.134. The van der Waals surface area contributed by atoms with E-state index in [4.69, 9.17) is 9.47 Å². The average molecular weight is 369 g/mol. The molecule has 0 saturated carbocycles. The van der Waals surface area contributed by atoms with Gasteiger partial charge in [-0.05, 0) is 41.5 Å². The maximum atomic E-state index is 12.1. The zero-order valence-corrected chi connectivity index (χ0v) is 15.9. The van der Waals surface area contributed by atoms with E-state index in [1.54, 1.807) is 45.5 Å². The lowest BCUT2D eigenvalue weighted by atomic mass is 10.1. The van der Waals surface area contributed by atoms with Crippen molar-refractivity contribution in [3.63, 3.8) is 0 Å². The first-order valence-electron chi connectivity index (χ1n) is 8.32. The van der Waals surface area contributed by atoms with Gasteiger partial charge in [-0.25, -0.2) is 4.79 Å². The number of hydrogen-bond acceptors (Lipinski definition) is 5. The van der Waals surface area contributed by atoms with Crippen LogP contribution in [0.25, 0.3) is 6.08 Å². The van der Waals surface area contributed by atoms with Crippen molar-refractivity contribution in [1.82, 2.24) is 4.90 Å². The number of carbonyl (C=O) groups excluding carboxylic acids is 2. The van der Waals surface area contributed by atoms with E-state index in [1.165, 1.54) is 18.1 Å². The number of benzene rings is 2. The quantitative estimate of drug-likeness (QED) is 0.554. The van der Waals surface area contributed by atoms with Gasteiger partial charge in [-0.2, -0.15) is 0 Å². The molecule has 0 aliphatic heterocycles. The van der Waals surface area contributed by atoms with Crippen molar-refractivity contribution in [1.29, 1.82) is 0 Å². The molecule has 0 unspecified atom stereocenters. The number of ether oxygens (including phenoxy) is 3. The van der Waals surface area contributed by atoms with Crippen LogP contribution in [-0.4, -0.2) is 45.1 Å². The van der Waals surface area contributed by atoms with Crippen molar-refractivity contribution in [2.45, 2.75) is 6.61 Å². The molecule has 0 spiro atoms. The topological polar surface area (TPSA) is 65.1 Å². The van der Waals surface area contributed by atoms with Crippen LogP contribution < -0.4 is 9.47 Å². The summed E-state index contributed by atoms with van der Waals surface area (Å²) in [6.07, 6.45) is 2.97. The number of esters is 1. The molecule has 2 aromatic rings. The van der Waals surface area contributed by atoms with Crippen LogP contribution in [0.4, 0.5) is 0 Å². The van der Waals surface area contributed by atoms with Crippen molar-refractivity contribution < 1.29 is 23.8 Å². The fourth-order valence-corrected chi connectivity index (χ4v) is 2.35. The third-order valence-corrected chi connectivity index (χ3v) is 3.78. The highest BCUT2D eigenvalue weighted by Crippen LogP contribution is 2.29. The molecule has 0 saturated heterocycles. The van der Waals surface area contributed by atoms with Gasteiger partial charge < -0.3 is 19.1 Å². The van der Waals surface area contributed by atoms with Gasteiger partial charge in [0.25, 0.3) is 5.91 Å². The van der Waals surface area contributed by atoms with Crippen LogP contribution >= 0.6 is 0 Å². The molecule has 0 aromatic heterocycles. The van der Waals surface area contributed by atoms with E-state index in [9.17, 15) is 9.59 Å². The zero-order chi connectivity index (χ0) is 19.8. The minimum absolute atomic E-state index is 0.0591. The number of carbonyl (C=O) groups is 2. The predicted octanol–water partition coefficient (Wildman–Crippen LogP) is 3.16. The highest BCUT2D eigenvalue weighted by molar-refractivity contribution is 5.94. The Morgan fingerprint density at radius 1 is 1.04 bits per heavy atom. The standard InChI is InChI=1S/C21H23NO5/c1-22(2)21(24)17-7-5-6-16(12-17)14-27-18-10-8-15(13-19(18)25-3)9-11-20(23)26-4/h5-13H,14H2,1-4H3/b11-9+. The van der Waals surface area contributed by atoms with Gasteiger partial charge in [-0.15, -0.1) is 0 Å². The average Bonchev–Trinajstić information content (AvgIpc) is 2.70. The summed E-state index contributed by atoms with van der Waals surface area (Å²) >= 11 is 0. The van der Waals surface area contributed by atoms with Gasteiger partial charge in [0.2, 0.25) is 0 Å². The SMILES string of the molecule is COC(=O)/C=C/c1ccc(OCc2cccc(C(=O)N(C)C)c2)c(OC)c1. The molecule has 0 aliphatic rings. The number of methoxy groups -OCH3 is 2. The van der Waals surface area contributed by atoms with Crippen LogP contribution in [-0.2, 0) is 16.1 Å². The van der Waals surface area contributed by atoms with Gasteiger partial charge in [0.05, 0.1) is 14.2 Å². The summed E-state index contributed by atoms with van der Waals surface area (Å²) in [5.74, 6) is 0.622. The van der Waals surface area contributed by atoms with E-state index in [0.717, 1.165) is 11.1 Å². The fourth-order valence-electron chi connectivity index (χ4n) is 2.35. The maximum Gasteiger partial charge on any atom is 0.330 e. The first-order chi connectivity index (χ1) is 12.9. The van der Waals surface area contributed by atoms with E-state index < -0.39 is 5.97 Å². The van der Waals surface area contributed by atoms with E-state index >= 15 is 0 Å². The summed E-state index contributed by atoms with van der Waals surface area (Å²) in [6.45, 7) is 0.294. The van der Waals surface area contributed by atoms with Crippen molar-refractivity contribution in [3.8, 4) is 11.5 Å². The maximum absolute atomic E-state index is 12.1. The third-order valence-electron chi connectivity index (χ3n) is 3.78. The van der Waals surface area contributed by atoms with Gasteiger partial charge in [0.15, 0.2) is 11.5 Å². The van der Waals surface area contributed by atoms with Crippen molar-refractivity contribution in [2.75, 3.05) is 28.3 Å². The monoisotopic (exact) mass is 369 g/mol. The van der Waals surface area contributed by atoms with E-state index in [2.05, 4.69) is 4.74 Å². The van der Waals surface area contributed by atoms with Crippen LogP contribution in [0, 0.1) is 0 Å². The summed E-state index contributed by atoms with van der Waals surface area (Å²) in [5.41, 5.74) is 2.26. The van der Waals surface area contributed by atoms with Crippen molar-refractivity contribution in [2.24, 2.45) is 0 Å². The van der Waals surface area contributed by atoms with Crippen LogP contribution in [0.1, 0.15) is 21.5 Å². The molecule has 0 atom stereocenters. The Balaban J connectivity index is 2.11. The molecule has 0 fully saturated rings. The molecule has 6 heteroatoms. The van der Waals surface area contributed by atoms with Crippen LogP contribution in [0.2, 0.25) is 0 Å². The molecule has 0 heterocycles. The van der Waals surface area contributed by atoms with Crippen molar-refractivity contribution >= 4 is 18.0 Å². The second-order valence-electron chi connectivity index (χ2n) is 5.96. The molecule has 0 bridgehead atoms. The normalized spacial score (nSPS) is 10.5. The van der Waals surface area contributed by atoms with E-state index in [-0.39, 0.29) is 5.91 Å². The summed E-state index contributed by atoms with van der Waals surface area (Å²) in [4.78, 5) is 24.8. The van der Waals surface area contributed by atoms with Gasteiger partial charge in [-0.1, -0.05) is 18.2 Å². The molecule has 27 heavy (non-hydrogen) atoms. The fraction of sp³-hybridized carbons (Fsp3) is 0.238. The van der Waals surface area contributed by atoms with Gasteiger partial charge in [0.1, 0.15) is 6.61 Å². The second-order valence-corrected chi connectivity index (χ2v) is 5.96.